The van der Waals surface area contributed by atoms with E-state index in [0.29, 0.717) is 16.1 Å². The highest BCUT2D eigenvalue weighted by Gasteiger charge is 2.14. The zero-order valence-electron chi connectivity index (χ0n) is 11.9. The molecule has 0 unspecified atom stereocenters. The van der Waals surface area contributed by atoms with Gasteiger partial charge in [-0.05, 0) is 56.2 Å². The molecule has 1 aromatic heterocycles. The van der Waals surface area contributed by atoms with E-state index in [1.807, 2.05) is 19.9 Å². The molecule has 0 spiro atoms. The molecule has 0 atom stereocenters. The molecule has 1 amide bonds. The minimum absolute atomic E-state index is 0.0285. The van der Waals surface area contributed by atoms with Crippen LogP contribution < -0.4 is 10.5 Å². The minimum Gasteiger partial charge on any atom is -0.321 e. The van der Waals surface area contributed by atoms with Gasteiger partial charge in [0.2, 0.25) is 10.0 Å². The number of carbonyl (C=O) groups excluding carboxylic acids is 1. The lowest BCUT2D eigenvalue weighted by molar-refractivity contribution is 0.103. The number of primary sulfonamides is 1. The third kappa shape index (κ3) is 3.49. The van der Waals surface area contributed by atoms with Crippen molar-refractivity contribution in [2.75, 3.05) is 5.32 Å². The zero-order chi connectivity index (χ0) is 15.8. The lowest BCUT2D eigenvalue weighted by Crippen LogP contribution is -2.14. The number of nitrogens with one attached hydrogen (secondary N) is 1. The average Bonchev–Trinajstić information content (AvgIpc) is 2.71. The third-order valence-electron chi connectivity index (χ3n) is 3.16. The molecule has 0 aliphatic heterocycles. The number of carbonyl (C=O) groups is 1. The highest BCUT2D eigenvalue weighted by Crippen LogP contribution is 2.23. The van der Waals surface area contributed by atoms with Crippen LogP contribution in [0, 0.1) is 20.8 Å². The quantitative estimate of drug-likeness (QED) is 0.909. The normalized spacial score (nSPS) is 11.4. The van der Waals surface area contributed by atoms with Crippen molar-refractivity contribution in [3.8, 4) is 0 Å². The van der Waals surface area contributed by atoms with Crippen molar-refractivity contribution >= 4 is 33.0 Å². The van der Waals surface area contributed by atoms with Crippen molar-refractivity contribution in [2.45, 2.75) is 25.7 Å². The van der Waals surface area contributed by atoms with Crippen LogP contribution in [0.5, 0.6) is 0 Å². The van der Waals surface area contributed by atoms with E-state index in [-0.39, 0.29) is 10.8 Å². The lowest BCUT2D eigenvalue weighted by atomic mass is 10.2. The maximum absolute atomic E-state index is 12.2. The summed E-state index contributed by atoms with van der Waals surface area (Å²) in [6.07, 6.45) is 0. The van der Waals surface area contributed by atoms with Crippen molar-refractivity contribution in [2.24, 2.45) is 5.14 Å². The molecule has 3 N–H and O–H groups in total. The Balaban J connectivity index is 2.26. The molecule has 0 fully saturated rings. The van der Waals surface area contributed by atoms with E-state index in [0.717, 1.165) is 10.4 Å². The second kappa shape index (κ2) is 5.59. The predicted octanol–water partition coefficient (Wildman–Crippen LogP) is 2.57. The van der Waals surface area contributed by atoms with E-state index in [2.05, 4.69) is 5.32 Å². The van der Waals surface area contributed by atoms with E-state index >= 15 is 0 Å². The topological polar surface area (TPSA) is 89.3 Å². The highest BCUT2D eigenvalue weighted by molar-refractivity contribution is 7.89. The number of benzene rings is 1. The molecule has 0 saturated heterocycles. The molecule has 0 aliphatic carbocycles. The Hall–Kier alpha value is -1.70. The van der Waals surface area contributed by atoms with Gasteiger partial charge in [-0.1, -0.05) is 0 Å². The Kier molecular flexibility index (Phi) is 4.18. The monoisotopic (exact) mass is 324 g/mol. The fourth-order valence-corrected chi connectivity index (χ4v) is 3.35. The summed E-state index contributed by atoms with van der Waals surface area (Å²) in [5.74, 6) is -0.206. The highest BCUT2D eigenvalue weighted by atomic mass is 32.2. The number of anilines is 1. The van der Waals surface area contributed by atoms with Crippen LogP contribution in [0.25, 0.3) is 0 Å². The molecular formula is C14H16N2O3S2. The van der Waals surface area contributed by atoms with Gasteiger partial charge in [-0.2, -0.15) is 0 Å². The Morgan fingerprint density at radius 1 is 1.14 bits per heavy atom. The second-order valence-corrected chi connectivity index (χ2v) is 7.64. The third-order valence-corrected chi connectivity index (χ3v) is 5.23. The first-order valence-corrected chi connectivity index (χ1v) is 8.56. The summed E-state index contributed by atoms with van der Waals surface area (Å²) in [5.41, 5.74) is 2.28. The Morgan fingerprint density at radius 3 is 2.29 bits per heavy atom. The van der Waals surface area contributed by atoms with E-state index < -0.39 is 10.0 Å². The van der Waals surface area contributed by atoms with Gasteiger partial charge >= 0.3 is 0 Å². The molecule has 1 aromatic carbocycles. The molecule has 112 valence electrons. The SMILES string of the molecule is Cc1cc(S(N)(=O)=O)ccc1NC(=O)c1cc(C)c(C)s1. The maximum atomic E-state index is 12.2. The summed E-state index contributed by atoms with van der Waals surface area (Å²) >= 11 is 1.43. The van der Waals surface area contributed by atoms with Crippen LogP contribution in [-0.2, 0) is 10.0 Å². The molecule has 2 rings (SSSR count). The number of sulfonamides is 1. The number of amides is 1. The van der Waals surface area contributed by atoms with Gasteiger partial charge in [0, 0.05) is 10.6 Å². The van der Waals surface area contributed by atoms with E-state index in [4.69, 9.17) is 5.14 Å². The van der Waals surface area contributed by atoms with Gasteiger partial charge in [-0.15, -0.1) is 11.3 Å². The first kappa shape index (κ1) is 15.7. The smallest absolute Gasteiger partial charge is 0.265 e. The largest absolute Gasteiger partial charge is 0.321 e. The molecule has 0 aliphatic rings. The van der Waals surface area contributed by atoms with Crippen LogP contribution in [0.2, 0.25) is 0 Å². The van der Waals surface area contributed by atoms with E-state index in [1.54, 1.807) is 13.0 Å². The number of hydrogen-bond donors (Lipinski definition) is 2. The van der Waals surface area contributed by atoms with Gasteiger partial charge in [0.1, 0.15) is 0 Å². The first-order chi connectivity index (χ1) is 9.68. The van der Waals surface area contributed by atoms with Crippen molar-refractivity contribution in [1.82, 2.24) is 0 Å². The van der Waals surface area contributed by atoms with Crippen molar-refractivity contribution in [3.63, 3.8) is 0 Å². The molecular weight excluding hydrogens is 308 g/mol. The molecule has 21 heavy (non-hydrogen) atoms. The minimum atomic E-state index is -3.74. The summed E-state index contributed by atoms with van der Waals surface area (Å²) in [5, 5.41) is 7.86. The summed E-state index contributed by atoms with van der Waals surface area (Å²) in [4.78, 5) is 13.9. The molecule has 7 heteroatoms. The van der Waals surface area contributed by atoms with Crippen LogP contribution in [0.1, 0.15) is 25.7 Å². The van der Waals surface area contributed by atoms with Crippen molar-refractivity contribution in [1.29, 1.82) is 0 Å². The number of aryl methyl sites for hydroxylation is 3. The zero-order valence-corrected chi connectivity index (χ0v) is 13.6. The fourth-order valence-electron chi connectivity index (χ4n) is 1.82. The van der Waals surface area contributed by atoms with E-state index in [9.17, 15) is 13.2 Å². The van der Waals surface area contributed by atoms with Gasteiger partial charge in [0.25, 0.3) is 5.91 Å². The van der Waals surface area contributed by atoms with Crippen LogP contribution in [-0.4, -0.2) is 14.3 Å². The van der Waals surface area contributed by atoms with Crippen molar-refractivity contribution in [3.05, 3.63) is 45.1 Å². The molecule has 0 bridgehead atoms. The van der Waals surface area contributed by atoms with E-state index in [1.165, 1.54) is 23.5 Å². The lowest BCUT2D eigenvalue weighted by Gasteiger charge is -2.08. The molecule has 1 heterocycles. The van der Waals surface area contributed by atoms with Crippen LogP contribution in [0.4, 0.5) is 5.69 Å². The summed E-state index contributed by atoms with van der Waals surface area (Å²) in [6, 6.07) is 6.20. The number of nitrogens with two attached hydrogens (primary N) is 1. The van der Waals surface area contributed by atoms with Crippen LogP contribution >= 0.6 is 11.3 Å². The first-order valence-electron chi connectivity index (χ1n) is 6.20. The average molecular weight is 324 g/mol. The van der Waals surface area contributed by atoms with Gasteiger partial charge < -0.3 is 5.32 Å². The second-order valence-electron chi connectivity index (χ2n) is 4.83. The summed E-state index contributed by atoms with van der Waals surface area (Å²) in [6.45, 7) is 5.63. The van der Waals surface area contributed by atoms with Gasteiger partial charge in [-0.25, -0.2) is 13.6 Å². The number of rotatable bonds is 3. The summed E-state index contributed by atoms with van der Waals surface area (Å²) < 4.78 is 22.5. The molecule has 0 saturated carbocycles. The fraction of sp³-hybridized carbons (Fsp3) is 0.214. The van der Waals surface area contributed by atoms with Gasteiger partial charge in [-0.3, -0.25) is 4.79 Å². The molecule has 5 nitrogen and oxygen atoms in total. The predicted molar refractivity (Wildman–Crippen MR) is 84.3 cm³/mol. The number of hydrogen-bond acceptors (Lipinski definition) is 4. The Morgan fingerprint density at radius 2 is 1.81 bits per heavy atom. The van der Waals surface area contributed by atoms with Crippen LogP contribution in [0.15, 0.2) is 29.2 Å². The Bertz CT molecular complexity index is 788. The van der Waals surface area contributed by atoms with Crippen LogP contribution in [0.3, 0.4) is 0 Å². The van der Waals surface area contributed by atoms with Crippen molar-refractivity contribution < 1.29 is 13.2 Å². The molecule has 2 aromatic rings. The van der Waals surface area contributed by atoms with Gasteiger partial charge in [0.05, 0.1) is 9.77 Å². The maximum Gasteiger partial charge on any atom is 0.265 e. The summed E-state index contributed by atoms with van der Waals surface area (Å²) in [7, 11) is -3.74. The Labute approximate surface area is 127 Å². The standard InChI is InChI=1S/C14H16N2O3S2/c1-8-7-13(20-10(8)3)14(17)16-12-5-4-11(6-9(12)2)21(15,18)19/h4-7H,1-3H3,(H,16,17)(H2,15,18,19). The number of thiophene rings is 1. The molecule has 0 radical (unpaired) electrons. The van der Waals surface area contributed by atoms with Gasteiger partial charge in [0.15, 0.2) is 0 Å².